The zero-order chi connectivity index (χ0) is 16.4. The maximum absolute atomic E-state index is 11.2. The molecule has 1 saturated heterocycles. The fourth-order valence-electron chi connectivity index (χ4n) is 2.79. The van der Waals surface area contributed by atoms with Gasteiger partial charge in [-0.3, -0.25) is 14.5 Å². The Morgan fingerprint density at radius 3 is 2.74 bits per heavy atom. The number of benzene rings is 1. The van der Waals surface area contributed by atoms with Crippen LogP contribution in [0.5, 0.6) is 0 Å². The Morgan fingerprint density at radius 1 is 1.35 bits per heavy atom. The van der Waals surface area contributed by atoms with Gasteiger partial charge in [-0.15, -0.1) is 11.3 Å². The zero-order valence-electron chi connectivity index (χ0n) is 12.4. The van der Waals surface area contributed by atoms with Gasteiger partial charge in [0.2, 0.25) is 5.91 Å². The molecule has 3 rings (SSSR count). The molecule has 0 bridgehead atoms. The van der Waals surface area contributed by atoms with Crippen molar-refractivity contribution in [1.29, 1.82) is 0 Å². The molecule has 3 N–H and O–H groups in total. The van der Waals surface area contributed by atoms with Crippen LogP contribution in [-0.2, 0) is 11.3 Å². The fourth-order valence-corrected chi connectivity index (χ4v) is 3.61. The number of hydrogen-bond donors (Lipinski definition) is 2. The van der Waals surface area contributed by atoms with E-state index in [1.54, 1.807) is 12.1 Å². The van der Waals surface area contributed by atoms with Crippen molar-refractivity contribution >= 4 is 23.2 Å². The van der Waals surface area contributed by atoms with Gasteiger partial charge in [-0.1, -0.05) is 12.1 Å². The van der Waals surface area contributed by atoms with Crippen LogP contribution in [0.1, 0.15) is 28.9 Å². The van der Waals surface area contributed by atoms with E-state index in [2.05, 4.69) is 4.98 Å². The highest BCUT2D eigenvalue weighted by molar-refractivity contribution is 7.13. The average molecular weight is 331 g/mol. The Balaban J connectivity index is 1.73. The van der Waals surface area contributed by atoms with Crippen molar-refractivity contribution in [1.82, 2.24) is 9.88 Å². The molecule has 1 aliphatic heterocycles. The first-order valence-electron chi connectivity index (χ1n) is 7.36. The lowest BCUT2D eigenvalue weighted by Gasteiger charge is -2.19. The van der Waals surface area contributed by atoms with E-state index in [1.807, 2.05) is 22.4 Å². The summed E-state index contributed by atoms with van der Waals surface area (Å²) in [6.45, 7) is 1.34. The monoisotopic (exact) mass is 331 g/mol. The van der Waals surface area contributed by atoms with Crippen molar-refractivity contribution < 1.29 is 14.7 Å². The quantitative estimate of drug-likeness (QED) is 0.873. The van der Waals surface area contributed by atoms with Gasteiger partial charge in [0.15, 0.2) is 0 Å². The molecule has 1 aromatic heterocycles. The van der Waals surface area contributed by atoms with Crippen molar-refractivity contribution in [2.45, 2.75) is 25.4 Å². The molecule has 1 fully saturated rings. The molecule has 1 aliphatic rings. The number of aliphatic carboxylic acids is 1. The van der Waals surface area contributed by atoms with Crippen molar-refractivity contribution in [2.75, 3.05) is 6.54 Å². The number of carboxylic acid groups (broad SMARTS) is 1. The first-order chi connectivity index (χ1) is 11.0. The smallest absolute Gasteiger partial charge is 0.320 e. The third kappa shape index (κ3) is 3.40. The van der Waals surface area contributed by atoms with E-state index >= 15 is 0 Å². The van der Waals surface area contributed by atoms with E-state index in [4.69, 9.17) is 5.73 Å². The summed E-state index contributed by atoms with van der Waals surface area (Å²) in [5.74, 6) is -1.22. The van der Waals surface area contributed by atoms with Gasteiger partial charge in [0.25, 0.3) is 0 Å². The molecule has 120 valence electrons. The van der Waals surface area contributed by atoms with Gasteiger partial charge < -0.3 is 10.8 Å². The summed E-state index contributed by atoms with van der Waals surface area (Å²) in [6.07, 6.45) is 1.60. The largest absolute Gasteiger partial charge is 0.480 e. The summed E-state index contributed by atoms with van der Waals surface area (Å²) in [6, 6.07) is 6.59. The lowest BCUT2D eigenvalue weighted by atomic mass is 10.1. The second kappa shape index (κ2) is 6.47. The Labute approximate surface area is 137 Å². The molecule has 1 amide bonds. The van der Waals surface area contributed by atoms with Crippen LogP contribution in [0.3, 0.4) is 0 Å². The van der Waals surface area contributed by atoms with Gasteiger partial charge in [-0.2, -0.15) is 0 Å². The van der Waals surface area contributed by atoms with Crippen LogP contribution in [0, 0.1) is 0 Å². The Hall–Kier alpha value is -2.25. The van der Waals surface area contributed by atoms with E-state index in [9.17, 15) is 14.7 Å². The van der Waals surface area contributed by atoms with E-state index in [0.29, 0.717) is 18.5 Å². The highest BCUT2D eigenvalue weighted by Crippen LogP contribution is 2.26. The van der Waals surface area contributed by atoms with Gasteiger partial charge in [0.1, 0.15) is 11.0 Å². The van der Waals surface area contributed by atoms with E-state index in [0.717, 1.165) is 29.2 Å². The number of carbonyl (C=O) groups excluding carboxylic acids is 1. The summed E-state index contributed by atoms with van der Waals surface area (Å²) < 4.78 is 0. The number of primary amides is 1. The molecule has 6 nitrogen and oxygen atoms in total. The maximum Gasteiger partial charge on any atom is 0.320 e. The SMILES string of the molecule is NC(=O)c1ccc(-c2nc(CN3CCC[C@H]3C(=O)O)cs2)cc1. The topological polar surface area (TPSA) is 96.5 Å². The molecule has 1 aromatic carbocycles. The minimum Gasteiger partial charge on any atom is -0.480 e. The third-order valence-electron chi connectivity index (χ3n) is 3.98. The lowest BCUT2D eigenvalue weighted by Crippen LogP contribution is -2.35. The van der Waals surface area contributed by atoms with Crippen LogP contribution >= 0.6 is 11.3 Å². The number of nitrogens with zero attached hydrogens (tertiary/aromatic N) is 2. The zero-order valence-corrected chi connectivity index (χ0v) is 13.3. The summed E-state index contributed by atoms with van der Waals surface area (Å²) in [5, 5.41) is 12.0. The minimum absolute atomic E-state index is 0.407. The maximum atomic E-state index is 11.2. The first-order valence-corrected chi connectivity index (χ1v) is 8.24. The Bertz CT molecular complexity index is 726. The third-order valence-corrected chi connectivity index (χ3v) is 4.92. The molecular formula is C16H17N3O3S. The Kier molecular flexibility index (Phi) is 4.40. The van der Waals surface area contributed by atoms with Crippen LogP contribution in [0.25, 0.3) is 10.6 Å². The van der Waals surface area contributed by atoms with E-state index in [1.165, 1.54) is 11.3 Å². The second-order valence-electron chi connectivity index (χ2n) is 5.55. The highest BCUT2D eigenvalue weighted by Gasteiger charge is 2.30. The number of amides is 1. The molecule has 23 heavy (non-hydrogen) atoms. The number of likely N-dealkylation sites (tertiary alicyclic amines) is 1. The summed E-state index contributed by atoms with van der Waals surface area (Å²) in [5.41, 5.74) is 7.49. The minimum atomic E-state index is -0.764. The first kappa shape index (κ1) is 15.6. The number of carboxylic acids is 1. The molecular weight excluding hydrogens is 314 g/mol. The van der Waals surface area contributed by atoms with Gasteiger partial charge in [-0.25, -0.2) is 4.98 Å². The summed E-state index contributed by atoms with van der Waals surface area (Å²) in [4.78, 5) is 28.8. The fraction of sp³-hybridized carbons (Fsp3) is 0.312. The van der Waals surface area contributed by atoms with Gasteiger partial charge >= 0.3 is 5.97 Å². The number of aromatic nitrogens is 1. The van der Waals surface area contributed by atoms with Crippen molar-refractivity contribution in [3.8, 4) is 10.6 Å². The average Bonchev–Trinajstić information content (AvgIpc) is 3.17. The predicted octanol–water partition coefficient (Wildman–Crippen LogP) is 1.96. The second-order valence-corrected chi connectivity index (χ2v) is 6.41. The molecule has 0 saturated carbocycles. The molecule has 2 heterocycles. The summed E-state index contributed by atoms with van der Waals surface area (Å²) in [7, 11) is 0. The van der Waals surface area contributed by atoms with E-state index < -0.39 is 17.9 Å². The van der Waals surface area contributed by atoms with E-state index in [-0.39, 0.29) is 0 Å². The van der Waals surface area contributed by atoms with Crippen LogP contribution in [-0.4, -0.2) is 39.5 Å². The summed E-state index contributed by atoms with van der Waals surface area (Å²) >= 11 is 1.51. The van der Waals surface area contributed by atoms with Crippen molar-refractivity contribution in [2.24, 2.45) is 5.73 Å². The lowest BCUT2D eigenvalue weighted by molar-refractivity contribution is -0.142. The predicted molar refractivity (Wildman–Crippen MR) is 87.1 cm³/mol. The number of thiazole rings is 1. The molecule has 0 unspecified atom stereocenters. The van der Waals surface area contributed by atoms with Crippen molar-refractivity contribution in [3.63, 3.8) is 0 Å². The number of carbonyl (C=O) groups is 2. The molecule has 7 heteroatoms. The van der Waals surface area contributed by atoms with Gasteiger partial charge in [0.05, 0.1) is 5.69 Å². The van der Waals surface area contributed by atoms with Crippen LogP contribution in [0.4, 0.5) is 0 Å². The standard InChI is InChI=1S/C16H17N3O3S/c17-14(20)10-3-5-11(6-4-10)15-18-12(9-23-15)8-19-7-1-2-13(19)16(21)22/h3-6,9,13H,1-2,7-8H2,(H2,17,20)(H,21,22)/t13-/m0/s1. The van der Waals surface area contributed by atoms with Crippen molar-refractivity contribution in [3.05, 3.63) is 40.9 Å². The molecule has 0 spiro atoms. The normalized spacial score (nSPS) is 18.2. The molecule has 0 radical (unpaired) electrons. The number of nitrogens with two attached hydrogens (primary N) is 1. The van der Waals surface area contributed by atoms with Crippen LogP contribution in [0.2, 0.25) is 0 Å². The van der Waals surface area contributed by atoms with Gasteiger partial charge in [0, 0.05) is 23.1 Å². The van der Waals surface area contributed by atoms with Gasteiger partial charge in [-0.05, 0) is 31.5 Å². The number of hydrogen-bond acceptors (Lipinski definition) is 5. The molecule has 2 aromatic rings. The van der Waals surface area contributed by atoms with Crippen LogP contribution in [0.15, 0.2) is 29.6 Å². The Morgan fingerprint density at radius 2 is 2.09 bits per heavy atom. The molecule has 1 atom stereocenters. The van der Waals surface area contributed by atoms with Crippen LogP contribution < -0.4 is 5.73 Å². The highest BCUT2D eigenvalue weighted by atomic mass is 32.1. The number of rotatable bonds is 5. The molecule has 0 aliphatic carbocycles.